The number of hydrogen-bond acceptors (Lipinski definition) is 3. The van der Waals surface area contributed by atoms with Crippen LogP contribution in [0.3, 0.4) is 0 Å². The number of carbonyl (C=O) groups excluding carboxylic acids is 1. The van der Waals surface area contributed by atoms with Crippen molar-refractivity contribution in [2.45, 2.75) is 32.7 Å². The van der Waals surface area contributed by atoms with E-state index in [0.29, 0.717) is 12.2 Å². The molecule has 126 valence electrons. The monoisotopic (exact) mass is 326 g/mol. The van der Waals surface area contributed by atoms with Crippen molar-refractivity contribution in [3.63, 3.8) is 0 Å². The summed E-state index contributed by atoms with van der Waals surface area (Å²) in [7, 11) is 0. The van der Waals surface area contributed by atoms with Crippen molar-refractivity contribution in [1.29, 1.82) is 0 Å². The van der Waals surface area contributed by atoms with Crippen molar-refractivity contribution in [2.75, 3.05) is 23.3 Å². The van der Waals surface area contributed by atoms with Crippen LogP contribution in [0.1, 0.15) is 42.1 Å². The molecular weight excluding hydrogens is 303 g/mol. The van der Waals surface area contributed by atoms with Crippen LogP contribution in [0, 0.1) is 5.82 Å². The highest BCUT2D eigenvalue weighted by molar-refractivity contribution is 5.99. The molecule has 0 atom stereocenters. The molecule has 0 bridgehead atoms. The predicted octanol–water partition coefficient (Wildman–Crippen LogP) is 4.63. The molecule has 0 amide bonds. The first-order valence-electron chi connectivity index (χ1n) is 8.53. The maximum Gasteiger partial charge on any atom is 0.164 e. The number of rotatable bonds is 5. The van der Waals surface area contributed by atoms with E-state index in [-0.39, 0.29) is 11.3 Å². The summed E-state index contributed by atoms with van der Waals surface area (Å²) >= 11 is 0. The van der Waals surface area contributed by atoms with E-state index in [4.69, 9.17) is 0 Å². The fourth-order valence-corrected chi connectivity index (χ4v) is 3.32. The van der Waals surface area contributed by atoms with Crippen LogP contribution in [-0.4, -0.2) is 18.9 Å². The van der Waals surface area contributed by atoms with Crippen LogP contribution in [0.25, 0.3) is 0 Å². The quantitative estimate of drug-likeness (QED) is 0.813. The molecule has 3 rings (SSSR count). The Morgan fingerprint density at radius 3 is 2.58 bits per heavy atom. The van der Waals surface area contributed by atoms with E-state index in [2.05, 4.69) is 28.4 Å². The first kappa shape index (κ1) is 16.5. The Bertz CT molecular complexity index is 723. The summed E-state index contributed by atoms with van der Waals surface area (Å²) in [4.78, 5) is 14.1. The molecule has 0 spiro atoms. The number of nitrogens with one attached hydrogen (secondary N) is 1. The number of halogens is 1. The van der Waals surface area contributed by atoms with Crippen molar-refractivity contribution in [3.8, 4) is 0 Å². The molecule has 1 aliphatic rings. The number of Topliss-reactive ketones (excluding diaryl/α,β-unsaturated/α-hetero) is 1. The van der Waals surface area contributed by atoms with Gasteiger partial charge >= 0.3 is 0 Å². The van der Waals surface area contributed by atoms with Crippen LogP contribution in [-0.2, 0) is 6.54 Å². The van der Waals surface area contributed by atoms with E-state index in [1.807, 2.05) is 6.07 Å². The SMILES string of the molecule is CC(=O)c1c(F)cccc1NCc1ccccc1N1CCCCC1. The molecule has 2 aromatic rings. The highest BCUT2D eigenvalue weighted by atomic mass is 19.1. The van der Waals surface area contributed by atoms with E-state index in [1.54, 1.807) is 12.1 Å². The molecule has 0 aliphatic carbocycles. The Morgan fingerprint density at radius 1 is 1.08 bits per heavy atom. The van der Waals surface area contributed by atoms with Crippen molar-refractivity contribution >= 4 is 17.2 Å². The summed E-state index contributed by atoms with van der Waals surface area (Å²) in [6, 6.07) is 13.0. The Hall–Kier alpha value is -2.36. The minimum Gasteiger partial charge on any atom is -0.380 e. The molecule has 3 nitrogen and oxygen atoms in total. The Balaban J connectivity index is 1.81. The zero-order chi connectivity index (χ0) is 16.9. The maximum absolute atomic E-state index is 13.9. The van der Waals surface area contributed by atoms with Crippen molar-refractivity contribution in [2.24, 2.45) is 0 Å². The van der Waals surface area contributed by atoms with Gasteiger partial charge in [-0.25, -0.2) is 4.39 Å². The first-order valence-corrected chi connectivity index (χ1v) is 8.53. The lowest BCUT2D eigenvalue weighted by Crippen LogP contribution is -2.30. The lowest BCUT2D eigenvalue weighted by atomic mass is 10.1. The van der Waals surface area contributed by atoms with Gasteiger partial charge < -0.3 is 10.2 Å². The average molecular weight is 326 g/mol. The number of para-hydroxylation sites is 1. The standard InChI is InChI=1S/C20H23FN2O/c1-15(24)20-17(21)9-7-10-18(20)22-14-16-8-3-4-11-19(16)23-12-5-2-6-13-23/h3-4,7-11,22H,2,5-6,12-14H2,1H3. The smallest absolute Gasteiger partial charge is 0.164 e. The first-order chi connectivity index (χ1) is 11.7. The van der Waals surface area contributed by atoms with Gasteiger partial charge in [-0.1, -0.05) is 24.3 Å². The molecule has 1 fully saturated rings. The van der Waals surface area contributed by atoms with E-state index >= 15 is 0 Å². The van der Waals surface area contributed by atoms with Gasteiger partial charge in [0.2, 0.25) is 0 Å². The summed E-state index contributed by atoms with van der Waals surface area (Å²) in [6.45, 7) is 4.12. The van der Waals surface area contributed by atoms with Crippen molar-refractivity contribution < 1.29 is 9.18 Å². The number of hydrogen-bond donors (Lipinski definition) is 1. The summed E-state index contributed by atoms with van der Waals surface area (Å²) < 4.78 is 13.9. The summed E-state index contributed by atoms with van der Waals surface area (Å²) in [5, 5.41) is 3.24. The van der Waals surface area contributed by atoms with Gasteiger partial charge in [0.25, 0.3) is 0 Å². The predicted molar refractivity (Wildman–Crippen MR) is 96.2 cm³/mol. The maximum atomic E-state index is 13.9. The number of anilines is 2. The molecule has 0 saturated carbocycles. The number of nitrogens with zero attached hydrogens (tertiary/aromatic N) is 1. The number of benzene rings is 2. The number of ketones is 1. The molecule has 4 heteroatoms. The van der Waals surface area contributed by atoms with Crippen molar-refractivity contribution in [3.05, 3.63) is 59.4 Å². The van der Waals surface area contributed by atoms with E-state index in [1.165, 1.54) is 37.9 Å². The fraction of sp³-hybridized carbons (Fsp3) is 0.350. The largest absolute Gasteiger partial charge is 0.380 e. The Labute approximate surface area is 142 Å². The normalized spacial score (nSPS) is 14.5. The second-order valence-corrected chi connectivity index (χ2v) is 6.25. The third-order valence-corrected chi connectivity index (χ3v) is 4.52. The molecule has 1 saturated heterocycles. The lowest BCUT2D eigenvalue weighted by molar-refractivity contribution is 0.101. The van der Waals surface area contributed by atoms with Crippen LogP contribution < -0.4 is 10.2 Å². The molecule has 0 aromatic heterocycles. The van der Waals surface area contributed by atoms with E-state index in [0.717, 1.165) is 18.7 Å². The van der Waals surface area contributed by atoms with Gasteiger partial charge in [-0.3, -0.25) is 4.79 Å². The molecule has 0 unspecified atom stereocenters. The van der Waals surface area contributed by atoms with Gasteiger partial charge in [-0.2, -0.15) is 0 Å². The lowest BCUT2D eigenvalue weighted by Gasteiger charge is -2.30. The second kappa shape index (κ2) is 7.47. The highest BCUT2D eigenvalue weighted by Crippen LogP contribution is 2.26. The minimum atomic E-state index is -0.475. The van der Waals surface area contributed by atoms with Gasteiger partial charge in [0.15, 0.2) is 5.78 Å². The summed E-state index contributed by atoms with van der Waals surface area (Å²) in [6.07, 6.45) is 3.74. The van der Waals surface area contributed by atoms with Gasteiger partial charge in [-0.05, 0) is 49.9 Å². The summed E-state index contributed by atoms with van der Waals surface area (Å²) in [5.41, 5.74) is 3.08. The summed E-state index contributed by atoms with van der Waals surface area (Å²) in [5.74, 6) is -0.739. The molecular formula is C20H23FN2O. The highest BCUT2D eigenvalue weighted by Gasteiger charge is 2.16. The molecule has 1 heterocycles. The van der Waals surface area contributed by atoms with Crippen LogP contribution >= 0.6 is 0 Å². The fourth-order valence-electron chi connectivity index (χ4n) is 3.32. The molecule has 1 N–H and O–H groups in total. The van der Waals surface area contributed by atoms with Crippen LogP contribution in [0.2, 0.25) is 0 Å². The van der Waals surface area contributed by atoms with E-state index < -0.39 is 5.82 Å². The zero-order valence-corrected chi connectivity index (χ0v) is 14.0. The zero-order valence-electron chi connectivity index (χ0n) is 14.0. The molecule has 0 radical (unpaired) electrons. The van der Waals surface area contributed by atoms with Gasteiger partial charge in [-0.15, -0.1) is 0 Å². The van der Waals surface area contributed by atoms with Gasteiger partial charge in [0.05, 0.1) is 5.56 Å². The Kier molecular flexibility index (Phi) is 5.14. The van der Waals surface area contributed by atoms with Crippen molar-refractivity contribution in [1.82, 2.24) is 0 Å². The van der Waals surface area contributed by atoms with Crippen LogP contribution in [0.15, 0.2) is 42.5 Å². The van der Waals surface area contributed by atoms with Gasteiger partial charge in [0, 0.05) is 31.0 Å². The molecule has 1 aliphatic heterocycles. The molecule has 2 aromatic carbocycles. The van der Waals surface area contributed by atoms with Crippen LogP contribution in [0.5, 0.6) is 0 Å². The van der Waals surface area contributed by atoms with Gasteiger partial charge in [0.1, 0.15) is 5.82 Å². The van der Waals surface area contributed by atoms with Crippen LogP contribution in [0.4, 0.5) is 15.8 Å². The average Bonchev–Trinajstić information content (AvgIpc) is 2.60. The van der Waals surface area contributed by atoms with E-state index in [9.17, 15) is 9.18 Å². The third kappa shape index (κ3) is 3.58. The topological polar surface area (TPSA) is 32.3 Å². The minimum absolute atomic E-state index is 0.132. The molecule has 24 heavy (non-hydrogen) atoms. The Morgan fingerprint density at radius 2 is 1.83 bits per heavy atom. The third-order valence-electron chi connectivity index (χ3n) is 4.52. The number of piperidine rings is 1. The number of carbonyl (C=O) groups is 1. The second-order valence-electron chi connectivity index (χ2n) is 6.25.